The van der Waals surface area contributed by atoms with E-state index in [9.17, 15) is 19.4 Å². The van der Waals surface area contributed by atoms with Crippen molar-refractivity contribution in [3.63, 3.8) is 0 Å². The van der Waals surface area contributed by atoms with Crippen molar-refractivity contribution in [2.45, 2.75) is 392 Å². The normalized spacial score (nSPS) is 13.9. The largest absolute Gasteiger partial charge is 0.756 e. The van der Waals surface area contributed by atoms with E-state index < -0.39 is 20.0 Å². The van der Waals surface area contributed by atoms with Crippen LogP contribution >= 0.6 is 7.82 Å². The molecule has 0 aliphatic rings. The first-order valence-corrected chi connectivity index (χ1v) is 40.2. The average molecular weight is 1270 g/mol. The molecule has 8 nitrogen and oxygen atoms in total. The number of nitrogens with one attached hydrogen (secondary N) is 1. The molecule has 1 amide bonds. The van der Waals surface area contributed by atoms with Gasteiger partial charge in [-0.1, -0.05) is 382 Å². The van der Waals surface area contributed by atoms with Gasteiger partial charge in [0.2, 0.25) is 5.91 Å². The Bertz CT molecular complexity index is 1680. The van der Waals surface area contributed by atoms with E-state index in [0.717, 1.165) is 77.0 Å². The number of rotatable bonds is 72. The Hall–Kier alpha value is -2.06. The molecule has 0 aliphatic heterocycles. The average Bonchev–Trinajstić information content (AvgIpc) is 3.57. The standard InChI is InChI=1S/C80H151N2O6P/c1-6-8-10-12-14-16-18-20-22-24-26-28-30-32-34-36-38-39-40-41-42-43-44-46-48-50-52-54-56-58-60-62-64-66-68-70-72-74-80(84)81-78(77-88-89(85,86)87-76-75-82(3,4)5)79(83)73-71-69-67-65-63-61-59-57-55-53-51-49-47-45-37-35-33-31-29-27-25-23-21-19-17-15-13-11-9-7-2/h8,10,14,16,20,22,26,28,32,34,38-39,78-79,83H,6-7,9,11-13,15,17-19,21,23-25,27,29-31,33,35-37,40-77H2,1-5H3,(H-,81,84,85,86)/b10-8-,16-14-,22-20-,28-26-,34-32-,39-38-. The number of nitrogens with zero attached hydrogens (tertiary/aromatic N) is 1. The molecule has 3 unspecified atom stereocenters. The lowest BCUT2D eigenvalue weighted by molar-refractivity contribution is -0.870. The number of hydrogen-bond donors (Lipinski definition) is 2. The number of quaternary nitrogens is 1. The quantitative estimate of drug-likeness (QED) is 0.0272. The number of phosphoric ester groups is 1. The van der Waals surface area contributed by atoms with E-state index in [4.69, 9.17) is 9.05 Å². The van der Waals surface area contributed by atoms with Crippen LogP contribution in [0.5, 0.6) is 0 Å². The van der Waals surface area contributed by atoms with Gasteiger partial charge in [-0.15, -0.1) is 0 Å². The molecule has 522 valence electrons. The second-order valence-electron chi connectivity index (χ2n) is 27.7. The van der Waals surface area contributed by atoms with Gasteiger partial charge in [0.1, 0.15) is 13.2 Å². The number of likely N-dealkylation sites (N-methyl/N-ethyl adjacent to an activating group) is 1. The van der Waals surface area contributed by atoms with E-state index in [0.29, 0.717) is 23.9 Å². The first-order chi connectivity index (χ1) is 43.5. The van der Waals surface area contributed by atoms with Crippen molar-refractivity contribution in [3.8, 4) is 0 Å². The highest BCUT2D eigenvalue weighted by Crippen LogP contribution is 2.38. The van der Waals surface area contributed by atoms with Gasteiger partial charge in [0, 0.05) is 6.42 Å². The highest BCUT2D eigenvalue weighted by Gasteiger charge is 2.24. The molecule has 2 N–H and O–H groups in total. The summed E-state index contributed by atoms with van der Waals surface area (Å²) in [5, 5.41) is 14.1. The third-order valence-electron chi connectivity index (χ3n) is 17.7. The van der Waals surface area contributed by atoms with Crippen molar-refractivity contribution in [1.29, 1.82) is 0 Å². The molecule has 0 rings (SSSR count). The summed E-state index contributed by atoms with van der Waals surface area (Å²) in [6, 6.07) is -0.804. The molecule has 0 saturated carbocycles. The zero-order chi connectivity index (χ0) is 64.8. The molecule has 0 heterocycles. The fourth-order valence-electron chi connectivity index (χ4n) is 11.8. The summed E-state index contributed by atoms with van der Waals surface area (Å²) < 4.78 is 23.6. The maximum absolute atomic E-state index is 13.1. The van der Waals surface area contributed by atoms with Gasteiger partial charge >= 0.3 is 0 Å². The second kappa shape index (κ2) is 70.3. The van der Waals surface area contributed by atoms with Crippen LogP contribution in [0.3, 0.4) is 0 Å². The number of aliphatic hydroxyl groups is 1. The fraction of sp³-hybridized carbons (Fsp3) is 0.838. The Labute approximate surface area is 554 Å². The van der Waals surface area contributed by atoms with Crippen LogP contribution in [0.15, 0.2) is 72.9 Å². The number of aliphatic hydroxyl groups excluding tert-OH is 1. The van der Waals surface area contributed by atoms with E-state index in [1.165, 1.54) is 276 Å². The SMILES string of the molecule is CC/C=C\C/C=C\C/C=C\C/C=C\C/C=C\C/C=C\CCCCCCCCCCCCCCCCCCCCC(=O)NC(COP(=O)([O-])OCC[N+](C)(C)C)C(O)CCCCCCCCCCCCCCCCCCCCCCCCCCCCCCCC. The number of hydrogen-bond acceptors (Lipinski definition) is 6. The highest BCUT2D eigenvalue weighted by molar-refractivity contribution is 7.45. The van der Waals surface area contributed by atoms with Gasteiger partial charge in [-0.2, -0.15) is 0 Å². The van der Waals surface area contributed by atoms with Gasteiger partial charge in [0.05, 0.1) is 39.9 Å². The monoisotopic (exact) mass is 1270 g/mol. The molecule has 0 aliphatic carbocycles. The molecule has 0 radical (unpaired) electrons. The number of amides is 1. The minimum Gasteiger partial charge on any atom is -0.756 e. The van der Waals surface area contributed by atoms with Gasteiger partial charge < -0.3 is 28.8 Å². The molecule has 0 aromatic heterocycles. The lowest BCUT2D eigenvalue weighted by Gasteiger charge is -2.30. The van der Waals surface area contributed by atoms with Crippen molar-refractivity contribution >= 4 is 13.7 Å². The third-order valence-corrected chi connectivity index (χ3v) is 18.7. The molecule has 0 spiro atoms. The first-order valence-electron chi connectivity index (χ1n) is 38.8. The minimum atomic E-state index is -4.59. The molecule has 9 heteroatoms. The van der Waals surface area contributed by atoms with Crippen LogP contribution in [0.4, 0.5) is 0 Å². The number of unbranched alkanes of at least 4 members (excludes halogenated alkanes) is 47. The van der Waals surface area contributed by atoms with Crippen LogP contribution < -0.4 is 10.2 Å². The lowest BCUT2D eigenvalue weighted by Crippen LogP contribution is -2.46. The lowest BCUT2D eigenvalue weighted by atomic mass is 10.0. The number of allylic oxidation sites excluding steroid dienone is 12. The first kappa shape index (κ1) is 86.9. The van der Waals surface area contributed by atoms with Crippen molar-refractivity contribution in [2.75, 3.05) is 40.9 Å². The zero-order valence-corrected chi connectivity index (χ0v) is 60.8. The maximum atomic E-state index is 13.1. The van der Waals surface area contributed by atoms with Crippen LogP contribution in [0, 0.1) is 0 Å². The highest BCUT2D eigenvalue weighted by atomic mass is 31.2. The topological polar surface area (TPSA) is 108 Å². The Kier molecular flexibility index (Phi) is 68.6. The maximum Gasteiger partial charge on any atom is 0.268 e. The van der Waals surface area contributed by atoms with E-state index in [1.807, 2.05) is 21.1 Å². The second-order valence-corrected chi connectivity index (χ2v) is 29.1. The number of carbonyl (C=O) groups excluding carboxylic acids is 1. The predicted molar refractivity (Wildman–Crippen MR) is 390 cm³/mol. The van der Waals surface area contributed by atoms with E-state index in [2.05, 4.69) is 92.1 Å². The van der Waals surface area contributed by atoms with Gasteiger partial charge in [0.25, 0.3) is 7.82 Å². The third kappa shape index (κ3) is 73.2. The molecule has 0 aromatic rings. The van der Waals surface area contributed by atoms with Gasteiger partial charge in [-0.05, 0) is 64.2 Å². The summed E-state index contributed by atoms with van der Waals surface area (Å²) in [5.74, 6) is -0.159. The van der Waals surface area contributed by atoms with Crippen molar-refractivity contribution < 1.29 is 32.9 Å². The van der Waals surface area contributed by atoms with Gasteiger partial charge in [-0.3, -0.25) is 9.36 Å². The Morgan fingerprint density at radius 1 is 0.404 bits per heavy atom. The summed E-state index contributed by atoms with van der Waals surface area (Å²) in [4.78, 5) is 25.7. The summed E-state index contributed by atoms with van der Waals surface area (Å²) in [6.07, 6.45) is 98.6. The van der Waals surface area contributed by atoms with Crippen LogP contribution in [0.2, 0.25) is 0 Å². The van der Waals surface area contributed by atoms with E-state index >= 15 is 0 Å². The van der Waals surface area contributed by atoms with Crippen LogP contribution in [0.1, 0.15) is 380 Å². The predicted octanol–water partition coefficient (Wildman–Crippen LogP) is 24.7. The molecule has 0 saturated heterocycles. The van der Waals surface area contributed by atoms with E-state index in [1.54, 1.807) is 0 Å². The molecular formula is C80H151N2O6P. The smallest absolute Gasteiger partial charge is 0.268 e. The zero-order valence-electron chi connectivity index (χ0n) is 59.9. The summed E-state index contributed by atoms with van der Waals surface area (Å²) in [5.41, 5.74) is 0. The Morgan fingerprint density at radius 2 is 0.685 bits per heavy atom. The Balaban J connectivity index is 3.96. The summed E-state index contributed by atoms with van der Waals surface area (Å²) >= 11 is 0. The van der Waals surface area contributed by atoms with Crippen LogP contribution in [0.25, 0.3) is 0 Å². The molecular weight excluding hydrogens is 1120 g/mol. The molecule has 89 heavy (non-hydrogen) atoms. The van der Waals surface area contributed by atoms with Crippen molar-refractivity contribution in [3.05, 3.63) is 72.9 Å². The summed E-state index contributed by atoms with van der Waals surface area (Å²) in [7, 11) is 1.32. The van der Waals surface area contributed by atoms with Gasteiger partial charge in [-0.25, -0.2) is 0 Å². The minimum absolute atomic E-state index is 0.0125. The summed E-state index contributed by atoms with van der Waals surface area (Å²) in [6.45, 7) is 4.66. The molecule has 3 atom stereocenters. The Morgan fingerprint density at radius 3 is 1.00 bits per heavy atom. The number of phosphoric acid groups is 1. The molecule has 0 fully saturated rings. The van der Waals surface area contributed by atoms with E-state index in [-0.39, 0.29) is 19.1 Å². The van der Waals surface area contributed by atoms with Crippen molar-refractivity contribution in [1.82, 2.24) is 5.32 Å². The van der Waals surface area contributed by atoms with Crippen molar-refractivity contribution in [2.24, 2.45) is 0 Å². The van der Waals surface area contributed by atoms with Gasteiger partial charge in [0.15, 0.2) is 0 Å². The fourth-order valence-corrected chi connectivity index (χ4v) is 12.5. The molecule has 0 aromatic carbocycles. The molecule has 0 bridgehead atoms. The van der Waals surface area contributed by atoms with Crippen LogP contribution in [-0.4, -0.2) is 68.5 Å². The number of carbonyl (C=O) groups is 1. The van der Waals surface area contributed by atoms with Crippen LogP contribution in [-0.2, 0) is 18.4 Å².